The van der Waals surface area contributed by atoms with Crippen LogP contribution in [0.1, 0.15) is 54.3 Å². The molecule has 17 nitrogen and oxygen atoms in total. The van der Waals surface area contributed by atoms with Crippen LogP contribution in [0, 0.1) is 5.92 Å². The van der Waals surface area contributed by atoms with E-state index in [2.05, 4.69) is 41.0 Å². The molecule has 2 atom stereocenters. The van der Waals surface area contributed by atoms with Crippen LogP contribution in [0.5, 0.6) is 5.75 Å². The lowest BCUT2D eigenvalue weighted by molar-refractivity contribution is -0.274. The van der Waals surface area contributed by atoms with Crippen molar-refractivity contribution in [1.82, 2.24) is 35.0 Å². The number of nitrogens with one attached hydrogen (secondary N) is 4. The summed E-state index contributed by atoms with van der Waals surface area (Å²) >= 11 is 0. The van der Waals surface area contributed by atoms with Gasteiger partial charge in [-0.3, -0.25) is 29.4 Å². The van der Waals surface area contributed by atoms with Crippen LogP contribution in [0.2, 0.25) is 0 Å². The van der Waals surface area contributed by atoms with Crippen LogP contribution in [0.25, 0.3) is 16.9 Å². The monoisotopic (exact) mass is 851 g/mol. The van der Waals surface area contributed by atoms with Gasteiger partial charge in [-0.1, -0.05) is 12.1 Å². The summed E-state index contributed by atoms with van der Waals surface area (Å²) in [7, 11) is 0. The highest BCUT2D eigenvalue weighted by molar-refractivity contribution is 6.05. The number of alkyl halides is 3. The maximum atomic E-state index is 12.9. The number of aromatic nitrogens is 3. The number of piperidine rings is 2. The number of ether oxygens (including phenoxy) is 3. The van der Waals surface area contributed by atoms with Crippen LogP contribution < -0.4 is 26.0 Å². The van der Waals surface area contributed by atoms with Crippen molar-refractivity contribution < 1.29 is 51.7 Å². The van der Waals surface area contributed by atoms with Crippen molar-refractivity contribution in [3.05, 3.63) is 71.9 Å². The van der Waals surface area contributed by atoms with Gasteiger partial charge in [0.2, 0.25) is 17.7 Å². The van der Waals surface area contributed by atoms with E-state index >= 15 is 0 Å². The molecule has 4 aromatic rings. The molecule has 2 aromatic carbocycles. The Hall–Kier alpha value is -5.83. The molecule has 326 valence electrons. The second-order valence-electron chi connectivity index (χ2n) is 15.0. The molecule has 2 aromatic heterocycles. The predicted octanol–water partition coefficient (Wildman–Crippen LogP) is 3.32. The molecular formula is C41H48F3N9O8. The fraction of sp³-hybridized carbons (Fsp3) is 0.463. The van der Waals surface area contributed by atoms with Gasteiger partial charge in [0.15, 0.2) is 11.9 Å². The van der Waals surface area contributed by atoms with Gasteiger partial charge in [0.05, 0.1) is 38.3 Å². The first-order chi connectivity index (χ1) is 29.4. The second kappa shape index (κ2) is 19.7. The average molecular weight is 852 g/mol. The van der Waals surface area contributed by atoms with Gasteiger partial charge in [-0.15, -0.1) is 18.3 Å². The first-order valence-electron chi connectivity index (χ1n) is 20.2. The smallest absolute Gasteiger partial charge is 0.406 e. The third-order valence-electron chi connectivity index (χ3n) is 10.8. The van der Waals surface area contributed by atoms with E-state index in [-0.39, 0.29) is 37.5 Å². The van der Waals surface area contributed by atoms with Crippen LogP contribution in [0.15, 0.2) is 60.8 Å². The Morgan fingerprint density at radius 2 is 1.74 bits per heavy atom. The number of hydrogen-bond acceptors (Lipinski definition) is 13. The van der Waals surface area contributed by atoms with Crippen LogP contribution in [-0.4, -0.2) is 131 Å². The number of aliphatic hydroxyl groups is 1. The number of fused-ring (bicyclic) bond motifs is 2. The molecule has 5 N–H and O–H groups in total. The SMILES string of the molecule is O=C(CCOCCOCCN1CCC(CNc2ccc3ncc(-c4cccc(OC(F)(F)F)c4)n3n2)CC1)NCCNc1ccc2c(c1)C(O)N(C1CCC(=O)NC1=O)C2=O. The number of nitrogens with zero attached hydrogens (tertiary/aromatic N) is 5. The number of anilines is 2. The summed E-state index contributed by atoms with van der Waals surface area (Å²) in [6.07, 6.45) is -2.10. The average Bonchev–Trinajstić information content (AvgIpc) is 3.76. The third-order valence-corrected chi connectivity index (χ3v) is 10.8. The first kappa shape index (κ1) is 43.3. The number of rotatable bonds is 19. The molecule has 3 aliphatic rings. The Morgan fingerprint density at radius 1 is 0.934 bits per heavy atom. The van der Waals surface area contributed by atoms with E-state index in [9.17, 15) is 37.5 Å². The predicted molar refractivity (Wildman–Crippen MR) is 214 cm³/mol. The molecule has 0 spiro atoms. The summed E-state index contributed by atoms with van der Waals surface area (Å²) in [5.74, 6) is -0.871. The number of imidazole rings is 1. The van der Waals surface area contributed by atoms with Crippen LogP contribution >= 0.6 is 0 Å². The molecule has 20 heteroatoms. The van der Waals surface area contributed by atoms with Gasteiger partial charge < -0.3 is 40.2 Å². The highest BCUT2D eigenvalue weighted by atomic mass is 19.4. The Morgan fingerprint density at radius 3 is 2.52 bits per heavy atom. The number of hydrogen-bond donors (Lipinski definition) is 5. The Kier molecular flexibility index (Phi) is 14.0. The number of aliphatic hydroxyl groups excluding tert-OH is 1. The normalized spacial score (nSPS) is 18.6. The van der Waals surface area contributed by atoms with E-state index in [1.165, 1.54) is 18.2 Å². The molecule has 5 heterocycles. The maximum absolute atomic E-state index is 12.9. The van der Waals surface area contributed by atoms with E-state index in [1.54, 1.807) is 35.0 Å². The largest absolute Gasteiger partial charge is 0.573 e. The summed E-state index contributed by atoms with van der Waals surface area (Å²) in [6.45, 7) is 5.76. The number of halogens is 3. The van der Waals surface area contributed by atoms with Crippen LogP contribution in [-0.2, 0) is 23.9 Å². The molecule has 2 fully saturated rings. The molecule has 4 amide bonds. The van der Waals surface area contributed by atoms with Gasteiger partial charge in [-0.25, -0.2) is 9.50 Å². The molecular weight excluding hydrogens is 803 g/mol. The van der Waals surface area contributed by atoms with Gasteiger partial charge in [-0.2, -0.15) is 0 Å². The minimum absolute atomic E-state index is 0.0875. The number of carbonyl (C=O) groups is 4. The molecule has 2 unspecified atom stereocenters. The summed E-state index contributed by atoms with van der Waals surface area (Å²) < 4.78 is 55.2. The highest BCUT2D eigenvalue weighted by Crippen LogP contribution is 2.36. The molecule has 2 saturated heterocycles. The summed E-state index contributed by atoms with van der Waals surface area (Å²) in [5, 5.41) is 27.1. The summed E-state index contributed by atoms with van der Waals surface area (Å²) in [4.78, 5) is 56.9. The van der Waals surface area contributed by atoms with Crippen molar-refractivity contribution in [2.24, 2.45) is 5.92 Å². The van der Waals surface area contributed by atoms with Crippen molar-refractivity contribution in [1.29, 1.82) is 0 Å². The fourth-order valence-electron chi connectivity index (χ4n) is 7.60. The van der Waals surface area contributed by atoms with Crippen molar-refractivity contribution >= 4 is 40.8 Å². The van der Waals surface area contributed by atoms with Gasteiger partial charge in [-0.05, 0) is 80.7 Å². The van der Waals surface area contributed by atoms with Crippen LogP contribution in [0.3, 0.4) is 0 Å². The van der Waals surface area contributed by atoms with E-state index in [4.69, 9.17) is 9.47 Å². The van der Waals surface area contributed by atoms with Gasteiger partial charge in [0.1, 0.15) is 17.6 Å². The molecule has 7 rings (SSSR count). The highest BCUT2D eigenvalue weighted by Gasteiger charge is 2.44. The van der Waals surface area contributed by atoms with Crippen molar-refractivity contribution in [2.75, 3.05) is 76.3 Å². The van der Waals surface area contributed by atoms with Crippen molar-refractivity contribution in [3.63, 3.8) is 0 Å². The van der Waals surface area contributed by atoms with Gasteiger partial charge >= 0.3 is 6.36 Å². The zero-order valence-electron chi connectivity index (χ0n) is 33.3. The lowest BCUT2D eigenvalue weighted by Crippen LogP contribution is -2.53. The third kappa shape index (κ3) is 11.3. The molecule has 61 heavy (non-hydrogen) atoms. The lowest BCUT2D eigenvalue weighted by atomic mass is 9.97. The molecule has 0 bridgehead atoms. The van der Waals surface area contributed by atoms with E-state index in [1.807, 2.05) is 12.1 Å². The number of carbonyl (C=O) groups excluding carboxylic acids is 4. The van der Waals surface area contributed by atoms with E-state index in [0.29, 0.717) is 78.4 Å². The molecule has 0 radical (unpaired) electrons. The van der Waals surface area contributed by atoms with E-state index < -0.39 is 36.4 Å². The topological polar surface area (TPSA) is 201 Å². The quantitative estimate of drug-likeness (QED) is 0.0681. The summed E-state index contributed by atoms with van der Waals surface area (Å²) in [6, 6.07) is 13.3. The molecule has 0 saturated carbocycles. The zero-order valence-corrected chi connectivity index (χ0v) is 33.3. The van der Waals surface area contributed by atoms with Gasteiger partial charge in [0, 0.05) is 61.4 Å². The minimum Gasteiger partial charge on any atom is -0.406 e. The zero-order chi connectivity index (χ0) is 42.9. The first-order valence-corrected chi connectivity index (χ1v) is 20.2. The summed E-state index contributed by atoms with van der Waals surface area (Å²) in [5.41, 5.74) is 2.90. The minimum atomic E-state index is -4.79. The van der Waals surface area contributed by atoms with Crippen LogP contribution in [0.4, 0.5) is 24.7 Å². The van der Waals surface area contributed by atoms with Gasteiger partial charge in [0.25, 0.3) is 5.91 Å². The number of amides is 4. The number of likely N-dealkylation sites (tertiary alicyclic amines) is 1. The standard InChI is InChI=1S/C41H48F3N9O8/c42-41(43,44)61-29-3-1-2-27(22-29)33-25-48-35-8-7-34(50-53(33)35)47-24-26-10-15-51(16-11-26)17-19-60-21-20-59-18-12-36(54)46-14-13-45-28-4-5-30-31(23-28)40(58)52(39(30)57)32-6-9-37(55)49-38(32)56/h1-5,7-8,22-23,25-26,32,40,45,58H,6,9-21,24H2,(H,46,54)(H,47,50)(H,49,55,56). The lowest BCUT2D eigenvalue weighted by Gasteiger charge is -2.32. The van der Waals surface area contributed by atoms with Crippen molar-refractivity contribution in [2.45, 2.75) is 50.7 Å². The van der Waals surface area contributed by atoms with E-state index in [0.717, 1.165) is 43.9 Å². The fourth-order valence-corrected chi connectivity index (χ4v) is 7.60. The Bertz CT molecular complexity index is 2200. The number of benzene rings is 2. The van der Waals surface area contributed by atoms with Crippen molar-refractivity contribution in [3.8, 4) is 17.0 Å². The second-order valence-corrected chi connectivity index (χ2v) is 15.0. The number of imide groups is 1. The Labute approximate surface area is 348 Å². The maximum Gasteiger partial charge on any atom is 0.573 e. The molecule has 0 aliphatic carbocycles. The Balaban J connectivity index is 0.712. The molecule has 3 aliphatic heterocycles.